The Morgan fingerprint density at radius 2 is 1.41 bits per heavy atom. The zero-order valence-corrected chi connectivity index (χ0v) is 15.0. The molecule has 1 heterocycles. The van der Waals surface area contributed by atoms with Gasteiger partial charge in [0.2, 0.25) is 5.91 Å². The summed E-state index contributed by atoms with van der Waals surface area (Å²) in [5, 5.41) is 9.22. The zero-order chi connectivity index (χ0) is 19.2. The molecule has 140 valence electrons. The normalized spacial score (nSPS) is 14.1. The second-order valence-electron chi connectivity index (χ2n) is 6.50. The number of hydrogen-bond donors (Lipinski definition) is 1. The van der Waals surface area contributed by atoms with Crippen LogP contribution in [0.3, 0.4) is 0 Å². The van der Waals surface area contributed by atoms with E-state index in [-0.39, 0.29) is 23.8 Å². The first-order chi connectivity index (χ1) is 13.1. The van der Waals surface area contributed by atoms with Crippen LogP contribution >= 0.6 is 0 Å². The summed E-state index contributed by atoms with van der Waals surface area (Å²) in [7, 11) is 0. The van der Waals surface area contributed by atoms with E-state index in [1.807, 2.05) is 18.2 Å². The molecule has 6 nitrogen and oxygen atoms in total. The monoisotopic (exact) mass is 366 g/mol. The van der Waals surface area contributed by atoms with Crippen LogP contribution in [0.4, 0.5) is 0 Å². The van der Waals surface area contributed by atoms with Gasteiger partial charge < -0.3 is 14.9 Å². The number of amides is 2. The molecule has 1 aliphatic heterocycles. The second kappa shape index (κ2) is 8.49. The smallest absolute Gasteiger partial charge is 0.335 e. The molecule has 0 unspecified atom stereocenters. The first-order valence-electron chi connectivity index (χ1n) is 8.99. The predicted molar refractivity (Wildman–Crippen MR) is 101 cm³/mol. The predicted octanol–water partition coefficient (Wildman–Crippen LogP) is 2.30. The summed E-state index contributed by atoms with van der Waals surface area (Å²) < 4.78 is 0. The second-order valence-corrected chi connectivity index (χ2v) is 6.50. The Bertz CT molecular complexity index is 827. The standard InChI is InChI=1S/C21H22N2O4/c24-19(11-10-16-6-4-5-9-18(16)21(26)27)22-12-14-23(15-13-22)20(25)17-7-2-1-3-8-17/h1-9H,10-15H2,(H,26,27). The topological polar surface area (TPSA) is 77.9 Å². The molecular weight excluding hydrogens is 344 g/mol. The van der Waals surface area contributed by atoms with Crippen LogP contribution in [0.2, 0.25) is 0 Å². The summed E-state index contributed by atoms with van der Waals surface area (Å²) in [5.74, 6) is -1.01. The highest BCUT2D eigenvalue weighted by molar-refractivity contribution is 5.94. The van der Waals surface area contributed by atoms with Gasteiger partial charge in [0, 0.05) is 38.2 Å². The van der Waals surface area contributed by atoms with Gasteiger partial charge in [-0.1, -0.05) is 36.4 Å². The molecule has 0 atom stereocenters. The summed E-state index contributed by atoms with van der Waals surface area (Å²) in [6, 6.07) is 15.9. The lowest BCUT2D eigenvalue weighted by atomic mass is 10.0. The average Bonchev–Trinajstić information content (AvgIpc) is 2.72. The van der Waals surface area contributed by atoms with Crippen LogP contribution in [0.15, 0.2) is 54.6 Å². The van der Waals surface area contributed by atoms with E-state index in [0.717, 1.165) is 0 Å². The van der Waals surface area contributed by atoms with Crippen molar-refractivity contribution >= 4 is 17.8 Å². The largest absolute Gasteiger partial charge is 0.478 e. The van der Waals surface area contributed by atoms with E-state index in [9.17, 15) is 19.5 Å². The highest BCUT2D eigenvalue weighted by Gasteiger charge is 2.24. The third-order valence-electron chi connectivity index (χ3n) is 4.80. The van der Waals surface area contributed by atoms with Crippen molar-refractivity contribution in [2.45, 2.75) is 12.8 Å². The third kappa shape index (κ3) is 4.53. The van der Waals surface area contributed by atoms with Crippen molar-refractivity contribution in [3.05, 3.63) is 71.3 Å². The number of rotatable bonds is 5. The van der Waals surface area contributed by atoms with E-state index in [4.69, 9.17) is 0 Å². The van der Waals surface area contributed by atoms with Gasteiger partial charge in [0.25, 0.3) is 5.91 Å². The van der Waals surface area contributed by atoms with Crippen molar-refractivity contribution < 1.29 is 19.5 Å². The zero-order valence-electron chi connectivity index (χ0n) is 15.0. The van der Waals surface area contributed by atoms with Gasteiger partial charge in [-0.25, -0.2) is 4.79 Å². The molecule has 0 radical (unpaired) electrons. The van der Waals surface area contributed by atoms with E-state index < -0.39 is 5.97 Å². The maximum Gasteiger partial charge on any atom is 0.335 e. The van der Waals surface area contributed by atoms with Gasteiger partial charge in [-0.15, -0.1) is 0 Å². The van der Waals surface area contributed by atoms with Crippen molar-refractivity contribution in [1.29, 1.82) is 0 Å². The van der Waals surface area contributed by atoms with Crippen LogP contribution in [0.5, 0.6) is 0 Å². The Labute approximate surface area is 158 Å². The van der Waals surface area contributed by atoms with Crippen molar-refractivity contribution in [3.8, 4) is 0 Å². The van der Waals surface area contributed by atoms with Crippen LogP contribution in [0.1, 0.15) is 32.7 Å². The number of carboxylic acids is 1. The van der Waals surface area contributed by atoms with Gasteiger partial charge in [0.1, 0.15) is 0 Å². The van der Waals surface area contributed by atoms with Crippen LogP contribution in [0.25, 0.3) is 0 Å². The van der Waals surface area contributed by atoms with Crippen LogP contribution < -0.4 is 0 Å². The molecule has 1 fully saturated rings. The van der Waals surface area contributed by atoms with Crippen LogP contribution in [0, 0.1) is 0 Å². The lowest BCUT2D eigenvalue weighted by Gasteiger charge is -2.35. The molecule has 1 aliphatic rings. The number of nitrogens with zero attached hydrogens (tertiary/aromatic N) is 2. The molecule has 1 saturated heterocycles. The Kier molecular flexibility index (Phi) is 5.86. The van der Waals surface area contributed by atoms with E-state index in [0.29, 0.717) is 43.7 Å². The summed E-state index contributed by atoms with van der Waals surface area (Å²) in [6.45, 7) is 2.01. The molecule has 0 spiro atoms. The minimum Gasteiger partial charge on any atom is -0.478 e. The number of hydrogen-bond acceptors (Lipinski definition) is 3. The van der Waals surface area contributed by atoms with Gasteiger partial charge in [-0.2, -0.15) is 0 Å². The van der Waals surface area contributed by atoms with Crippen LogP contribution in [-0.2, 0) is 11.2 Å². The SMILES string of the molecule is O=C(O)c1ccccc1CCC(=O)N1CCN(C(=O)c2ccccc2)CC1. The fourth-order valence-corrected chi connectivity index (χ4v) is 3.27. The average molecular weight is 366 g/mol. The van der Waals surface area contributed by atoms with E-state index in [2.05, 4.69) is 0 Å². The Hall–Kier alpha value is -3.15. The summed E-state index contributed by atoms with van der Waals surface area (Å²) >= 11 is 0. The Morgan fingerprint density at radius 3 is 2.07 bits per heavy atom. The maximum absolute atomic E-state index is 12.5. The van der Waals surface area contributed by atoms with Crippen molar-refractivity contribution in [2.24, 2.45) is 0 Å². The molecule has 27 heavy (non-hydrogen) atoms. The number of piperazine rings is 1. The van der Waals surface area contributed by atoms with Gasteiger partial charge in [0.15, 0.2) is 0 Å². The summed E-state index contributed by atoms with van der Waals surface area (Å²) in [6.07, 6.45) is 0.654. The Morgan fingerprint density at radius 1 is 0.815 bits per heavy atom. The number of aromatic carboxylic acids is 1. The molecule has 0 saturated carbocycles. The number of aryl methyl sites for hydroxylation is 1. The molecule has 0 aliphatic carbocycles. The highest BCUT2D eigenvalue weighted by Crippen LogP contribution is 2.14. The van der Waals surface area contributed by atoms with Gasteiger partial charge >= 0.3 is 5.97 Å². The molecule has 2 amide bonds. The van der Waals surface area contributed by atoms with Gasteiger partial charge in [-0.05, 0) is 30.2 Å². The molecular formula is C21H22N2O4. The number of benzene rings is 2. The first kappa shape index (κ1) is 18.6. The fraction of sp³-hybridized carbons (Fsp3) is 0.286. The number of carboxylic acid groups (broad SMARTS) is 1. The minimum atomic E-state index is -0.980. The summed E-state index contributed by atoms with van der Waals surface area (Å²) in [5.41, 5.74) is 1.56. The van der Waals surface area contributed by atoms with Crippen LogP contribution in [-0.4, -0.2) is 58.9 Å². The summed E-state index contributed by atoms with van der Waals surface area (Å²) in [4.78, 5) is 39.7. The fourth-order valence-electron chi connectivity index (χ4n) is 3.27. The van der Waals surface area contributed by atoms with Gasteiger partial charge in [0.05, 0.1) is 5.56 Å². The minimum absolute atomic E-state index is 0.0120. The molecule has 0 bridgehead atoms. The van der Waals surface area contributed by atoms with Crippen molar-refractivity contribution in [1.82, 2.24) is 9.80 Å². The number of carbonyl (C=O) groups excluding carboxylic acids is 2. The number of carbonyl (C=O) groups is 3. The van der Waals surface area contributed by atoms with E-state index in [1.165, 1.54) is 0 Å². The molecule has 2 aromatic carbocycles. The van der Waals surface area contributed by atoms with Crippen molar-refractivity contribution in [3.63, 3.8) is 0 Å². The molecule has 1 N–H and O–H groups in total. The first-order valence-corrected chi connectivity index (χ1v) is 8.99. The third-order valence-corrected chi connectivity index (χ3v) is 4.80. The van der Waals surface area contributed by atoms with E-state index in [1.54, 1.807) is 46.2 Å². The quantitative estimate of drug-likeness (QED) is 0.881. The molecule has 6 heteroatoms. The molecule has 3 rings (SSSR count). The molecule has 0 aromatic heterocycles. The lowest BCUT2D eigenvalue weighted by molar-refractivity contribution is -0.132. The Balaban J connectivity index is 1.52. The van der Waals surface area contributed by atoms with Gasteiger partial charge in [-0.3, -0.25) is 9.59 Å². The van der Waals surface area contributed by atoms with E-state index >= 15 is 0 Å². The van der Waals surface area contributed by atoms with Crippen molar-refractivity contribution in [2.75, 3.05) is 26.2 Å². The maximum atomic E-state index is 12.5. The lowest BCUT2D eigenvalue weighted by Crippen LogP contribution is -2.50. The highest BCUT2D eigenvalue weighted by atomic mass is 16.4. The molecule has 2 aromatic rings.